The minimum atomic E-state index is 0.566. The number of rotatable bonds is 3. The summed E-state index contributed by atoms with van der Waals surface area (Å²) in [7, 11) is 2.20. The zero-order valence-corrected chi connectivity index (χ0v) is 13.0. The normalized spacial score (nSPS) is 17.9. The van der Waals surface area contributed by atoms with Gasteiger partial charge in [-0.25, -0.2) is 4.98 Å². The molecule has 0 atom stereocenters. The van der Waals surface area contributed by atoms with E-state index in [0.717, 1.165) is 30.9 Å². The maximum Gasteiger partial charge on any atom is 0.111 e. The van der Waals surface area contributed by atoms with E-state index in [2.05, 4.69) is 41.6 Å². The molecule has 0 bridgehead atoms. The third kappa shape index (κ3) is 2.57. The van der Waals surface area contributed by atoms with Crippen LogP contribution < -0.4 is 0 Å². The molecule has 4 heteroatoms. The number of aryl methyl sites for hydroxylation is 2. The highest BCUT2D eigenvalue weighted by Crippen LogP contribution is 2.29. The van der Waals surface area contributed by atoms with Crippen molar-refractivity contribution < 1.29 is 0 Å². The van der Waals surface area contributed by atoms with Crippen molar-refractivity contribution in [3.05, 3.63) is 29.6 Å². The van der Waals surface area contributed by atoms with Crippen molar-refractivity contribution in [3.8, 4) is 0 Å². The summed E-state index contributed by atoms with van der Waals surface area (Å²) in [5.74, 6) is 1.78. The fourth-order valence-electron chi connectivity index (χ4n) is 3.17. The van der Waals surface area contributed by atoms with E-state index in [4.69, 9.17) is 16.6 Å². The van der Waals surface area contributed by atoms with Crippen LogP contribution in [0.3, 0.4) is 0 Å². The molecule has 0 amide bonds. The van der Waals surface area contributed by atoms with E-state index in [9.17, 15) is 0 Å². The van der Waals surface area contributed by atoms with Crippen molar-refractivity contribution in [2.24, 2.45) is 0 Å². The zero-order chi connectivity index (χ0) is 14.1. The highest BCUT2D eigenvalue weighted by atomic mass is 35.5. The molecule has 0 N–H and O–H groups in total. The van der Waals surface area contributed by atoms with E-state index in [1.54, 1.807) is 0 Å². The van der Waals surface area contributed by atoms with Crippen LogP contribution in [0.4, 0.5) is 0 Å². The molecule has 20 heavy (non-hydrogen) atoms. The Morgan fingerprint density at radius 1 is 1.30 bits per heavy atom. The average Bonchev–Trinajstić information content (AvgIpc) is 2.78. The summed E-state index contributed by atoms with van der Waals surface area (Å²) in [5, 5.41) is 0. The van der Waals surface area contributed by atoms with Gasteiger partial charge >= 0.3 is 0 Å². The van der Waals surface area contributed by atoms with Gasteiger partial charge in [0.1, 0.15) is 5.82 Å². The predicted octanol–water partition coefficient (Wildman–Crippen LogP) is 3.39. The van der Waals surface area contributed by atoms with Gasteiger partial charge in [0.25, 0.3) is 0 Å². The highest BCUT2D eigenvalue weighted by molar-refractivity contribution is 6.17. The van der Waals surface area contributed by atoms with Gasteiger partial charge in [-0.3, -0.25) is 0 Å². The molecule has 1 fully saturated rings. The lowest BCUT2D eigenvalue weighted by molar-refractivity contribution is 0.221. The lowest BCUT2D eigenvalue weighted by Crippen LogP contribution is -2.32. The topological polar surface area (TPSA) is 21.1 Å². The van der Waals surface area contributed by atoms with Crippen molar-refractivity contribution >= 4 is 22.6 Å². The van der Waals surface area contributed by atoms with Crippen LogP contribution in [0.2, 0.25) is 0 Å². The number of hydrogen-bond donors (Lipinski definition) is 0. The first kappa shape index (κ1) is 13.9. The third-order valence-corrected chi connectivity index (χ3v) is 4.48. The average molecular weight is 292 g/mol. The Morgan fingerprint density at radius 2 is 2.05 bits per heavy atom. The van der Waals surface area contributed by atoms with Gasteiger partial charge in [0, 0.05) is 18.3 Å². The van der Waals surface area contributed by atoms with Gasteiger partial charge in [-0.1, -0.05) is 6.07 Å². The van der Waals surface area contributed by atoms with Crippen molar-refractivity contribution in [2.75, 3.05) is 26.0 Å². The van der Waals surface area contributed by atoms with Gasteiger partial charge < -0.3 is 9.47 Å². The van der Waals surface area contributed by atoms with E-state index < -0.39 is 0 Å². The fraction of sp³-hybridized carbons (Fsp3) is 0.562. The number of fused-ring (bicyclic) bond motifs is 1. The number of halogens is 1. The third-order valence-electron chi connectivity index (χ3n) is 4.29. The molecule has 0 aliphatic carbocycles. The van der Waals surface area contributed by atoms with Crippen molar-refractivity contribution in [1.29, 1.82) is 0 Å². The summed E-state index contributed by atoms with van der Waals surface area (Å²) in [4.78, 5) is 7.21. The van der Waals surface area contributed by atoms with Gasteiger partial charge in [-0.05, 0) is 57.6 Å². The van der Waals surface area contributed by atoms with Gasteiger partial charge in [-0.15, -0.1) is 11.6 Å². The van der Waals surface area contributed by atoms with Crippen LogP contribution in [0.15, 0.2) is 18.2 Å². The van der Waals surface area contributed by atoms with Crippen molar-refractivity contribution in [1.82, 2.24) is 14.5 Å². The second-order valence-electron chi connectivity index (χ2n) is 5.86. The second kappa shape index (κ2) is 5.74. The van der Waals surface area contributed by atoms with Gasteiger partial charge in [0.05, 0.1) is 11.0 Å². The van der Waals surface area contributed by atoms with Crippen molar-refractivity contribution in [2.45, 2.75) is 32.2 Å². The van der Waals surface area contributed by atoms with E-state index in [0.29, 0.717) is 11.9 Å². The van der Waals surface area contributed by atoms with E-state index in [1.807, 2.05) is 0 Å². The minimum Gasteiger partial charge on any atom is -0.325 e. The molecule has 0 spiro atoms. The lowest BCUT2D eigenvalue weighted by Gasteiger charge is -2.31. The van der Waals surface area contributed by atoms with Crippen LogP contribution in [-0.4, -0.2) is 40.5 Å². The monoisotopic (exact) mass is 291 g/mol. The first-order valence-electron chi connectivity index (χ1n) is 7.41. The number of imidazole rings is 1. The fourth-order valence-corrected chi connectivity index (χ4v) is 3.34. The number of benzene rings is 1. The SMILES string of the molecule is Cc1ccc2nc(CCCl)n(C3CCN(C)CC3)c2c1. The van der Waals surface area contributed by atoms with E-state index in [1.165, 1.54) is 23.9 Å². The Morgan fingerprint density at radius 3 is 2.75 bits per heavy atom. The van der Waals surface area contributed by atoms with Gasteiger partial charge in [0.15, 0.2) is 0 Å². The Hall–Kier alpha value is -1.06. The summed E-state index contributed by atoms with van der Waals surface area (Å²) in [5.41, 5.74) is 3.68. The molecule has 0 saturated carbocycles. The molecule has 1 aromatic heterocycles. The number of piperidine rings is 1. The molecule has 3 rings (SSSR count). The summed E-state index contributed by atoms with van der Waals surface area (Å²) >= 11 is 5.97. The molecule has 2 heterocycles. The maximum atomic E-state index is 5.97. The molecule has 0 unspecified atom stereocenters. The summed E-state index contributed by atoms with van der Waals surface area (Å²) in [6, 6.07) is 7.10. The minimum absolute atomic E-state index is 0.566. The van der Waals surface area contributed by atoms with Crippen LogP contribution >= 0.6 is 11.6 Å². The molecule has 3 nitrogen and oxygen atoms in total. The molecule has 1 saturated heterocycles. The largest absolute Gasteiger partial charge is 0.325 e. The van der Waals surface area contributed by atoms with Crippen LogP contribution in [0.25, 0.3) is 11.0 Å². The summed E-state index contributed by atoms with van der Waals surface area (Å²) in [6.45, 7) is 4.47. The standard InChI is InChI=1S/C16H22ClN3/c1-12-3-4-14-15(11-12)20(16(18-14)5-8-17)13-6-9-19(2)10-7-13/h3-4,11,13H,5-10H2,1-2H3. The summed E-state index contributed by atoms with van der Waals surface area (Å²) in [6.07, 6.45) is 3.25. The van der Waals surface area contributed by atoms with Crippen LogP contribution in [0, 0.1) is 6.92 Å². The maximum absolute atomic E-state index is 5.97. The molecule has 1 aliphatic rings. The number of aromatic nitrogens is 2. The first-order valence-corrected chi connectivity index (χ1v) is 7.94. The molecule has 1 aliphatic heterocycles. The Kier molecular flexibility index (Phi) is 3.99. The Bertz CT molecular complexity index is 597. The van der Waals surface area contributed by atoms with Crippen LogP contribution in [0.1, 0.15) is 30.3 Å². The predicted molar refractivity (Wildman–Crippen MR) is 84.7 cm³/mol. The molecule has 1 aromatic carbocycles. The second-order valence-corrected chi connectivity index (χ2v) is 6.24. The smallest absolute Gasteiger partial charge is 0.111 e. The number of alkyl halides is 1. The molecular formula is C16H22ClN3. The molecular weight excluding hydrogens is 270 g/mol. The Labute approximate surface area is 125 Å². The zero-order valence-electron chi connectivity index (χ0n) is 12.3. The molecule has 108 valence electrons. The quantitative estimate of drug-likeness (QED) is 0.808. The first-order chi connectivity index (χ1) is 9.69. The van der Waals surface area contributed by atoms with E-state index in [-0.39, 0.29) is 0 Å². The highest BCUT2D eigenvalue weighted by Gasteiger charge is 2.22. The van der Waals surface area contributed by atoms with Crippen LogP contribution in [-0.2, 0) is 6.42 Å². The summed E-state index contributed by atoms with van der Waals surface area (Å²) < 4.78 is 2.46. The Balaban J connectivity index is 2.05. The molecule has 2 aromatic rings. The van der Waals surface area contributed by atoms with E-state index >= 15 is 0 Å². The number of likely N-dealkylation sites (tertiary alicyclic amines) is 1. The lowest BCUT2D eigenvalue weighted by atomic mass is 10.0. The number of nitrogens with zero attached hydrogens (tertiary/aromatic N) is 3. The van der Waals surface area contributed by atoms with Crippen LogP contribution in [0.5, 0.6) is 0 Å². The number of hydrogen-bond acceptors (Lipinski definition) is 2. The van der Waals surface area contributed by atoms with Crippen molar-refractivity contribution in [3.63, 3.8) is 0 Å². The molecule has 0 radical (unpaired) electrons. The van der Waals surface area contributed by atoms with Gasteiger partial charge in [-0.2, -0.15) is 0 Å². The van der Waals surface area contributed by atoms with Gasteiger partial charge in [0.2, 0.25) is 0 Å².